The number of halogens is 3. The van der Waals surface area contributed by atoms with Crippen LogP contribution in [0.1, 0.15) is 25.7 Å². The van der Waals surface area contributed by atoms with Crippen molar-refractivity contribution in [3.63, 3.8) is 0 Å². The average Bonchev–Trinajstić information content (AvgIpc) is 3.28. The van der Waals surface area contributed by atoms with Crippen LogP contribution in [-0.4, -0.2) is 31.7 Å². The Hall–Kier alpha value is -1.57. The Bertz CT molecular complexity index is 731. The zero-order chi connectivity index (χ0) is 17.4. The zero-order valence-electron chi connectivity index (χ0n) is 13.6. The fourth-order valence-electron chi connectivity index (χ4n) is 4.19. The SMILES string of the molecule is FC(F)(F)Cn1c(SCC2CC3CCC2C3)nnc1-c1ccncc1. The number of hydrogen-bond donors (Lipinski definition) is 0. The van der Waals surface area contributed by atoms with E-state index in [2.05, 4.69) is 15.2 Å². The third kappa shape index (κ3) is 3.68. The summed E-state index contributed by atoms with van der Waals surface area (Å²) in [5, 5.41) is 8.44. The van der Waals surface area contributed by atoms with Crippen LogP contribution < -0.4 is 0 Å². The first kappa shape index (κ1) is 16.9. The van der Waals surface area contributed by atoms with E-state index in [-0.39, 0.29) is 5.82 Å². The molecule has 3 unspecified atom stereocenters. The van der Waals surface area contributed by atoms with Gasteiger partial charge in [0.15, 0.2) is 11.0 Å². The van der Waals surface area contributed by atoms with Gasteiger partial charge in [-0.05, 0) is 49.1 Å². The quantitative estimate of drug-likeness (QED) is 0.733. The van der Waals surface area contributed by atoms with Crippen molar-refractivity contribution in [2.45, 2.75) is 43.6 Å². The second-order valence-corrected chi connectivity index (χ2v) is 7.98. The van der Waals surface area contributed by atoms with Crippen molar-refractivity contribution in [2.24, 2.45) is 17.8 Å². The molecule has 2 fully saturated rings. The van der Waals surface area contributed by atoms with Crippen LogP contribution in [0, 0.1) is 17.8 Å². The van der Waals surface area contributed by atoms with E-state index in [1.807, 2.05) is 0 Å². The Morgan fingerprint density at radius 2 is 1.92 bits per heavy atom. The summed E-state index contributed by atoms with van der Waals surface area (Å²) >= 11 is 1.41. The largest absolute Gasteiger partial charge is 0.406 e. The van der Waals surface area contributed by atoms with Gasteiger partial charge in [0.1, 0.15) is 6.54 Å². The van der Waals surface area contributed by atoms with Crippen LogP contribution in [0.4, 0.5) is 13.2 Å². The number of aromatic nitrogens is 4. The lowest BCUT2D eigenvalue weighted by molar-refractivity contribution is -0.141. The maximum absolute atomic E-state index is 13.1. The van der Waals surface area contributed by atoms with Gasteiger partial charge in [-0.15, -0.1) is 10.2 Å². The number of rotatable bonds is 5. The van der Waals surface area contributed by atoms with Gasteiger partial charge < -0.3 is 0 Å². The maximum Gasteiger partial charge on any atom is 0.406 e. The van der Waals surface area contributed by atoms with Gasteiger partial charge in [-0.1, -0.05) is 18.2 Å². The molecular weight excluding hydrogens is 349 g/mol. The van der Waals surface area contributed by atoms with Crippen molar-refractivity contribution in [3.05, 3.63) is 24.5 Å². The minimum atomic E-state index is -4.31. The topological polar surface area (TPSA) is 43.6 Å². The third-order valence-corrected chi connectivity index (χ3v) is 6.46. The van der Waals surface area contributed by atoms with Gasteiger partial charge >= 0.3 is 6.18 Å². The summed E-state index contributed by atoms with van der Waals surface area (Å²) in [6.45, 7) is -1.07. The van der Waals surface area contributed by atoms with E-state index in [0.29, 0.717) is 16.6 Å². The lowest BCUT2D eigenvalue weighted by Gasteiger charge is -2.21. The summed E-state index contributed by atoms with van der Waals surface area (Å²) < 4.78 is 40.4. The Kier molecular flexibility index (Phi) is 4.47. The molecule has 2 heterocycles. The molecule has 3 atom stereocenters. The molecule has 0 N–H and O–H groups in total. The highest BCUT2D eigenvalue weighted by molar-refractivity contribution is 7.99. The average molecular weight is 368 g/mol. The fraction of sp³-hybridized carbons (Fsp3) is 0.588. The van der Waals surface area contributed by atoms with E-state index in [4.69, 9.17) is 0 Å². The van der Waals surface area contributed by atoms with Crippen LogP contribution >= 0.6 is 11.8 Å². The van der Waals surface area contributed by atoms with Gasteiger partial charge in [-0.3, -0.25) is 9.55 Å². The van der Waals surface area contributed by atoms with Crippen molar-refractivity contribution < 1.29 is 13.2 Å². The summed E-state index contributed by atoms with van der Waals surface area (Å²) in [5.41, 5.74) is 0.596. The molecule has 8 heteroatoms. The molecule has 2 aromatic rings. The van der Waals surface area contributed by atoms with Crippen molar-refractivity contribution in [1.82, 2.24) is 19.7 Å². The highest BCUT2D eigenvalue weighted by atomic mass is 32.2. The van der Waals surface area contributed by atoms with E-state index in [9.17, 15) is 13.2 Å². The van der Waals surface area contributed by atoms with Crippen LogP contribution in [0.5, 0.6) is 0 Å². The molecule has 0 radical (unpaired) electrons. The normalized spacial score (nSPS) is 25.6. The Balaban J connectivity index is 1.55. The summed E-state index contributed by atoms with van der Waals surface area (Å²) in [6.07, 6.45) is 3.88. The fourth-order valence-corrected chi connectivity index (χ4v) is 5.37. The van der Waals surface area contributed by atoms with Gasteiger partial charge in [0.25, 0.3) is 0 Å². The number of alkyl halides is 3. The van der Waals surface area contributed by atoms with Gasteiger partial charge in [-0.25, -0.2) is 0 Å². The van der Waals surface area contributed by atoms with Crippen LogP contribution in [0.15, 0.2) is 29.7 Å². The van der Waals surface area contributed by atoms with Crippen LogP contribution in [0.2, 0.25) is 0 Å². The number of fused-ring (bicyclic) bond motifs is 2. The van der Waals surface area contributed by atoms with Gasteiger partial charge in [-0.2, -0.15) is 13.2 Å². The van der Waals surface area contributed by atoms with Crippen LogP contribution in [0.25, 0.3) is 11.4 Å². The zero-order valence-corrected chi connectivity index (χ0v) is 14.4. The lowest BCUT2D eigenvalue weighted by atomic mass is 9.90. The summed E-state index contributed by atoms with van der Waals surface area (Å²) in [7, 11) is 0. The number of hydrogen-bond acceptors (Lipinski definition) is 4. The van der Waals surface area contributed by atoms with Crippen LogP contribution in [0.3, 0.4) is 0 Å². The van der Waals surface area contributed by atoms with E-state index in [1.54, 1.807) is 24.5 Å². The second-order valence-electron chi connectivity index (χ2n) is 6.99. The minimum Gasteiger partial charge on any atom is -0.293 e. The Morgan fingerprint density at radius 1 is 1.12 bits per heavy atom. The molecule has 0 spiro atoms. The molecule has 2 aromatic heterocycles. The number of nitrogens with zero attached hydrogens (tertiary/aromatic N) is 4. The van der Waals surface area contributed by atoms with Crippen molar-refractivity contribution >= 4 is 11.8 Å². The van der Waals surface area contributed by atoms with Crippen molar-refractivity contribution in [1.29, 1.82) is 0 Å². The van der Waals surface area contributed by atoms with E-state index in [1.165, 1.54) is 42.0 Å². The molecule has 0 aromatic carbocycles. The summed E-state index contributed by atoms with van der Waals surface area (Å²) in [4.78, 5) is 3.91. The molecule has 0 aliphatic heterocycles. The van der Waals surface area contributed by atoms with Crippen molar-refractivity contribution in [3.8, 4) is 11.4 Å². The van der Waals surface area contributed by atoms with E-state index < -0.39 is 12.7 Å². The highest BCUT2D eigenvalue weighted by Gasteiger charge is 2.39. The van der Waals surface area contributed by atoms with Gasteiger partial charge in [0, 0.05) is 23.7 Å². The standard InChI is InChI=1S/C17H19F3N4S/c18-17(19,20)10-24-15(12-3-5-21-6-4-12)22-23-16(24)25-9-14-8-11-1-2-13(14)7-11/h3-6,11,13-14H,1-2,7-10H2. The first-order valence-corrected chi connectivity index (χ1v) is 9.51. The first-order valence-electron chi connectivity index (χ1n) is 8.53. The maximum atomic E-state index is 13.1. The molecule has 2 saturated carbocycles. The lowest BCUT2D eigenvalue weighted by Crippen LogP contribution is -2.20. The molecule has 25 heavy (non-hydrogen) atoms. The molecule has 4 nitrogen and oxygen atoms in total. The predicted molar refractivity (Wildman–Crippen MR) is 89.0 cm³/mol. The molecule has 2 bridgehead atoms. The summed E-state index contributed by atoms with van der Waals surface area (Å²) in [6, 6.07) is 3.31. The van der Waals surface area contributed by atoms with E-state index in [0.717, 1.165) is 17.6 Å². The molecular formula is C17H19F3N4S. The Labute approximate surface area is 148 Å². The second kappa shape index (κ2) is 6.63. The van der Waals surface area contributed by atoms with Crippen molar-refractivity contribution in [2.75, 3.05) is 5.75 Å². The molecule has 2 aliphatic carbocycles. The van der Waals surface area contributed by atoms with Crippen LogP contribution in [-0.2, 0) is 6.54 Å². The predicted octanol–water partition coefficient (Wildman–Crippen LogP) is 4.43. The molecule has 0 saturated heterocycles. The molecule has 0 amide bonds. The molecule has 4 rings (SSSR count). The van der Waals surface area contributed by atoms with Gasteiger partial charge in [0.05, 0.1) is 0 Å². The Morgan fingerprint density at radius 3 is 2.56 bits per heavy atom. The number of thioether (sulfide) groups is 1. The molecule has 134 valence electrons. The number of pyridine rings is 1. The monoisotopic (exact) mass is 368 g/mol. The molecule has 2 aliphatic rings. The third-order valence-electron chi connectivity index (χ3n) is 5.30. The smallest absolute Gasteiger partial charge is 0.293 e. The minimum absolute atomic E-state index is 0.246. The first-order chi connectivity index (χ1) is 12.0. The van der Waals surface area contributed by atoms with Gasteiger partial charge in [0.2, 0.25) is 0 Å². The van der Waals surface area contributed by atoms with E-state index >= 15 is 0 Å². The summed E-state index contributed by atoms with van der Waals surface area (Å²) in [5.74, 6) is 3.25. The highest BCUT2D eigenvalue weighted by Crippen LogP contribution is 2.49.